The predicted molar refractivity (Wildman–Crippen MR) is 86.4 cm³/mol. The second-order valence-electron chi connectivity index (χ2n) is 5.35. The zero-order chi connectivity index (χ0) is 15.9. The minimum atomic E-state index is 0.201. The molecule has 1 heterocycles. The SMILES string of the molecule is CCOc1cc2c(cc1OCC)CN(C(=O)CCNC)CC2. The van der Waals surface area contributed by atoms with Crippen molar-refractivity contribution >= 4 is 5.91 Å². The summed E-state index contributed by atoms with van der Waals surface area (Å²) in [6, 6.07) is 4.10. The lowest BCUT2D eigenvalue weighted by Crippen LogP contribution is -2.37. The number of carbonyl (C=O) groups is 1. The van der Waals surface area contributed by atoms with E-state index in [-0.39, 0.29) is 5.91 Å². The van der Waals surface area contributed by atoms with Gasteiger partial charge in [-0.05, 0) is 50.6 Å². The van der Waals surface area contributed by atoms with Crippen molar-refractivity contribution in [3.63, 3.8) is 0 Å². The van der Waals surface area contributed by atoms with E-state index in [1.165, 1.54) is 5.56 Å². The molecule has 0 unspecified atom stereocenters. The normalized spacial score (nSPS) is 13.7. The maximum absolute atomic E-state index is 12.2. The number of fused-ring (bicyclic) bond motifs is 1. The standard InChI is InChI=1S/C17H26N2O3/c1-4-21-15-10-13-7-9-19(17(20)6-8-18-3)12-14(13)11-16(15)22-5-2/h10-11,18H,4-9,12H2,1-3H3. The summed E-state index contributed by atoms with van der Waals surface area (Å²) in [5, 5.41) is 3.02. The Hall–Kier alpha value is -1.75. The first kappa shape index (κ1) is 16.6. The smallest absolute Gasteiger partial charge is 0.224 e. The minimum Gasteiger partial charge on any atom is -0.490 e. The van der Waals surface area contributed by atoms with Crippen LogP contribution in [-0.2, 0) is 17.8 Å². The van der Waals surface area contributed by atoms with Crippen LogP contribution in [0.4, 0.5) is 0 Å². The van der Waals surface area contributed by atoms with Gasteiger partial charge in [0.2, 0.25) is 5.91 Å². The van der Waals surface area contributed by atoms with Crippen molar-refractivity contribution in [2.45, 2.75) is 33.2 Å². The van der Waals surface area contributed by atoms with E-state index in [1.54, 1.807) is 0 Å². The van der Waals surface area contributed by atoms with Gasteiger partial charge in [-0.2, -0.15) is 0 Å². The Labute approximate surface area is 132 Å². The van der Waals surface area contributed by atoms with E-state index >= 15 is 0 Å². The molecule has 0 saturated heterocycles. The molecule has 2 rings (SSSR count). The molecule has 0 atom stereocenters. The van der Waals surface area contributed by atoms with Crippen LogP contribution in [0.5, 0.6) is 11.5 Å². The number of carbonyl (C=O) groups excluding carboxylic acids is 1. The van der Waals surface area contributed by atoms with Gasteiger partial charge >= 0.3 is 0 Å². The Kier molecular flexibility index (Phi) is 6.07. The second-order valence-corrected chi connectivity index (χ2v) is 5.35. The van der Waals surface area contributed by atoms with Gasteiger partial charge in [0, 0.05) is 26.1 Å². The molecule has 0 aliphatic carbocycles. The van der Waals surface area contributed by atoms with Crippen LogP contribution in [0.1, 0.15) is 31.4 Å². The van der Waals surface area contributed by atoms with Crippen molar-refractivity contribution in [3.8, 4) is 11.5 Å². The molecule has 0 aromatic heterocycles. The quantitative estimate of drug-likeness (QED) is 0.837. The topological polar surface area (TPSA) is 50.8 Å². The van der Waals surface area contributed by atoms with E-state index < -0.39 is 0 Å². The van der Waals surface area contributed by atoms with Crippen molar-refractivity contribution in [3.05, 3.63) is 23.3 Å². The maximum atomic E-state index is 12.2. The van der Waals surface area contributed by atoms with Crippen LogP contribution >= 0.6 is 0 Å². The molecule has 1 aliphatic heterocycles. The number of benzene rings is 1. The van der Waals surface area contributed by atoms with Crippen molar-refractivity contribution in [2.75, 3.05) is 33.4 Å². The van der Waals surface area contributed by atoms with E-state index in [9.17, 15) is 4.79 Å². The van der Waals surface area contributed by atoms with Gasteiger partial charge in [-0.1, -0.05) is 0 Å². The summed E-state index contributed by atoms with van der Waals surface area (Å²) >= 11 is 0. The van der Waals surface area contributed by atoms with Gasteiger partial charge in [0.1, 0.15) is 0 Å². The predicted octanol–water partition coefficient (Wildman–Crippen LogP) is 1.98. The lowest BCUT2D eigenvalue weighted by atomic mass is 9.98. The molecule has 1 aliphatic rings. The van der Waals surface area contributed by atoms with E-state index in [0.29, 0.717) is 26.2 Å². The fourth-order valence-electron chi connectivity index (χ4n) is 2.70. The van der Waals surface area contributed by atoms with Crippen molar-refractivity contribution in [2.24, 2.45) is 0 Å². The Morgan fingerprint density at radius 1 is 1.18 bits per heavy atom. The monoisotopic (exact) mass is 306 g/mol. The number of amides is 1. The third-order valence-corrected chi connectivity index (χ3v) is 3.82. The number of ether oxygens (including phenoxy) is 2. The fraction of sp³-hybridized carbons (Fsp3) is 0.588. The summed E-state index contributed by atoms with van der Waals surface area (Å²) < 4.78 is 11.3. The molecule has 1 N–H and O–H groups in total. The number of hydrogen-bond acceptors (Lipinski definition) is 4. The van der Waals surface area contributed by atoms with Crippen LogP contribution in [0.3, 0.4) is 0 Å². The molecular weight excluding hydrogens is 280 g/mol. The lowest BCUT2D eigenvalue weighted by molar-refractivity contribution is -0.132. The van der Waals surface area contributed by atoms with E-state index in [1.807, 2.05) is 31.9 Å². The van der Waals surface area contributed by atoms with Crippen molar-refractivity contribution in [1.82, 2.24) is 10.2 Å². The average molecular weight is 306 g/mol. The molecule has 1 aromatic carbocycles. The number of nitrogens with zero attached hydrogens (tertiary/aromatic N) is 1. The molecule has 0 fully saturated rings. The molecule has 0 spiro atoms. The average Bonchev–Trinajstić information content (AvgIpc) is 2.53. The first-order chi connectivity index (χ1) is 10.7. The van der Waals surface area contributed by atoms with E-state index in [0.717, 1.165) is 36.6 Å². The zero-order valence-electron chi connectivity index (χ0n) is 13.8. The third-order valence-electron chi connectivity index (χ3n) is 3.82. The highest BCUT2D eigenvalue weighted by Crippen LogP contribution is 2.34. The first-order valence-electron chi connectivity index (χ1n) is 8.03. The Morgan fingerprint density at radius 3 is 2.41 bits per heavy atom. The largest absolute Gasteiger partial charge is 0.490 e. The van der Waals surface area contributed by atoms with E-state index in [4.69, 9.17) is 9.47 Å². The molecule has 0 bridgehead atoms. The van der Waals surface area contributed by atoms with Crippen LogP contribution in [0.25, 0.3) is 0 Å². The van der Waals surface area contributed by atoms with Crippen molar-refractivity contribution < 1.29 is 14.3 Å². The Morgan fingerprint density at radius 2 is 1.82 bits per heavy atom. The molecule has 5 heteroatoms. The van der Waals surface area contributed by atoms with Crippen LogP contribution < -0.4 is 14.8 Å². The molecule has 0 radical (unpaired) electrons. The summed E-state index contributed by atoms with van der Waals surface area (Å²) in [6.45, 7) is 7.30. The van der Waals surface area contributed by atoms with Gasteiger partial charge in [-0.15, -0.1) is 0 Å². The second kappa shape index (κ2) is 8.03. The summed E-state index contributed by atoms with van der Waals surface area (Å²) in [6.07, 6.45) is 1.41. The van der Waals surface area contributed by atoms with Crippen LogP contribution in [-0.4, -0.2) is 44.2 Å². The number of rotatable bonds is 7. The van der Waals surface area contributed by atoms with Gasteiger partial charge in [0.15, 0.2) is 11.5 Å². The van der Waals surface area contributed by atoms with Crippen molar-refractivity contribution in [1.29, 1.82) is 0 Å². The molecule has 122 valence electrons. The molecule has 5 nitrogen and oxygen atoms in total. The minimum absolute atomic E-state index is 0.201. The fourth-order valence-corrected chi connectivity index (χ4v) is 2.70. The Bertz CT molecular complexity index is 517. The molecule has 1 amide bonds. The van der Waals surface area contributed by atoms with Gasteiger partial charge < -0.3 is 19.7 Å². The zero-order valence-corrected chi connectivity index (χ0v) is 13.8. The van der Waals surface area contributed by atoms with Crippen LogP contribution in [0.2, 0.25) is 0 Å². The van der Waals surface area contributed by atoms with Crippen LogP contribution in [0, 0.1) is 0 Å². The molecule has 1 aromatic rings. The summed E-state index contributed by atoms with van der Waals surface area (Å²) in [7, 11) is 1.86. The highest BCUT2D eigenvalue weighted by atomic mass is 16.5. The van der Waals surface area contributed by atoms with Gasteiger partial charge in [-0.3, -0.25) is 4.79 Å². The molecular formula is C17H26N2O3. The molecule has 0 saturated carbocycles. The number of hydrogen-bond donors (Lipinski definition) is 1. The summed E-state index contributed by atoms with van der Waals surface area (Å²) in [5.74, 6) is 1.78. The van der Waals surface area contributed by atoms with Crippen LogP contribution in [0.15, 0.2) is 12.1 Å². The summed E-state index contributed by atoms with van der Waals surface area (Å²) in [4.78, 5) is 14.1. The lowest BCUT2D eigenvalue weighted by Gasteiger charge is -2.30. The van der Waals surface area contributed by atoms with Gasteiger partial charge in [0.25, 0.3) is 0 Å². The van der Waals surface area contributed by atoms with Gasteiger partial charge in [0.05, 0.1) is 13.2 Å². The summed E-state index contributed by atoms with van der Waals surface area (Å²) in [5.41, 5.74) is 2.42. The first-order valence-corrected chi connectivity index (χ1v) is 8.03. The highest BCUT2D eigenvalue weighted by Gasteiger charge is 2.22. The maximum Gasteiger partial charge on any atom is 0.224 e. The van der Waals surface area contributed by atoms with Gasteiger partial charge in [-0.25, -0.2) is 0 Å². The Balaban J connectivity index is 2.16. The highest BCUT2D eigenvalue weighted by molar-refractivity contribution is 5.76. The third kappa shape index (κ3) is 3.91. The van der Waals surface area contributed by atoms with E-state index in [2.05, 4.69) is 11.4 Å². The molecule has 22 heavy (non-hydrogen) atoms. The number of nitrogens with one attached hydrogen (secondary N) is 1.